The van der Waals surface area contributed by atoms with Crippen LogP contribution in [0.2, 0.25) is 0 Å². The summed E-state index contributed by atoms with van der Waals surface area (Å²) in [5, 5.41) is 15.2. The molecule has 4 aromatic heterocycles. The van der Waals surface area contributed by atoms with Crippen LogP contribution in [0.4, 0.5) is 5.82 Å². The largest absolute Gasteiger partial charge is 0.305 e. The van der Waals surface area contributed by atoms with Gasteiger partial charge < -0.3 is 5.32 Å². The number of carbonyl (C=O) groups excluding carboxylic acids is 1. The van der Waals surface area contributed by atoms with Crippen LogP contribution in [0.3, 0.4) is 0 Å². The average molecular weight is 361 g/mol. The minimum atomic E-state index is -0.239. The van der Waals surface area contributed by atoms with Crippen LogP contribution >= 0.6 is 0 Å². The lowest BCUT2D eigenvalue weighted by Crippen LogP contribution is -2.13. The smallest absolute Gasteiger partial charge is 0.257 e. The highest BCUT2D eigenvalue weighted by atomic mass is 16.1. The third-order valence-corrected chi connectivity index (χ3v) is 4.36. The van der Waals surface area contributed by atoms with E-state index < -0.39 is 0 Å². The van der Waals surface area contributed by atoms with Gasteiger partial charge in [-0.2, -0.15) is 10.2 Å². The predicted molar refractivity (Wildman–Crippen MR) is 102 cm³/mol. The molecule has 27 heavy (non-hydrogen) atoms. The molecule has 0 fully saturated rings. The highest BCUT2D eigenvalue weighted by Gasteiger charge is 2.19. The Bertz CT molecular complexity index is 1130. The first-order valence-electron chi connectivity index (χ1n) is 8.68. The number of anilines is 1. The molecule has 0 aliphatic rings. The standard InChI is InChI=1S/C19H19N7O/c1-4-26-18-17(12(3)25-26)14(9-11(2)21-18)19(27)22-16-10-15(23-24-16)13-5-7-20-8-6-13/h5-10H,4H2,1-3H3,(H2,22,23,24,27). The van der Waals surface area contributed by atoms with Crippen molar-refractivity contribution in [1.82, 2.24) is 29.9 Å². The van der Waals surface area contributed by atoms with Crippen LogP contribution in [0.15, 0.2) is 36.7 Å². The van der Waals surface area contributed by atoms with Gasteiger partial charge in [-0.3, -0.25) is 14.9 Å². The summed E-state index contributed by atoms with van der Waals surface area (Å²) < 4.78 is 1.81. The van der Waals surface area contributed by atoms with E-state index in [2.05, 4.69) is 30.6 Å². The van der Waals surface area contributed by atoms with Crippen LogP contribution in [-0.2, 0) is 6.54 Å². The van der Waals surface area contributed by atoms with E-state index in [1.807, 2.05) is 37.6 Å². The maximum atomic E-state index is 12.9. The normalized spacial score (nSPS) is 11.1. The number of hydrogen-bond acceptors (Lipinski definition) is 5. The molecular formula is C19H19N7O. The summed E-state index contributed by atoms with van der Waals surface area (Å²) in [6.07, 6.45) is 3.41. The third kappa shape index (κ3) is 3.05. The second-order valence-electron chi connectivity index (χ2n) is 6.27. The molecule has 0 aliphatic carbocycles. The van der Waals surface area contributed by atoms with Gasteiger partial charge in [-0.15, -0.1) is 0 Å². The van der Waals surface area contributed by atoms with Crippen LogP contribution in [0, 0.1) is 13.8 Å². The predicted octanol–water partition coefficient (Wildman–Crippen LogP) is 3.11. The molecule has 1 amide bonds. The monoisotopic (exact) mass is 361 g/mol. The van der Waals surface area contributed by atoms with Crippen molar-refractivity contribution in [2.24, 2.45) is 0 Å². The van der Waals surface area contributed by atoms with Crippen LogP contribution < -0.4 is 5.32 Å². The number of amides is 1. The Kier molecular flexibility index (Phi) is 4.15. The molecule has 4 rings (SSSR count). The maximum Gasteiger partial charge on any atom is 0.257 e. The Labute approximate surface area is 155 Å². The molecule has 0 bridgehead atoms. The summed E-state index contributed by atoms with van der Waals surface area (Å²) in [6, 6.07) is 7.32. The molecule has 0 saturated heterocycles. The number of aryl methyl sites for hydroxylation is 3. The van der Waals surface area contributed by atoms with Crippen molar-refractivity contribution in [2.45, 2.75) is 27.3 Å². The lowest BCUT2D eigenvalue weighted by molar-refractivity contribution is 0.102. The van der Waals surface area contributed by atoms with E-state index in [1.54, 1.807) is 24.5 Å². The van der Waals surface area contributed by atoms with Gasteiger partial charge in [-0.1, -0.05) is 0 Å². The maximum absolute atomic E-state index is 12.9. The van der Waals surface area contributed by atoms with E-state index >= 15 is 0 Å². The molecule has 4 aromatic rings. The summed E-state index contributed by atoms with van der Waals surface area (Å²) in [5.74, 6) is 0.215. The quantitative estimate of drug-likeness (QED) is 0.581. The highest BCUT2D eigenvalue weighted by Crippen LogP contribution is 2.24. The SMILES string of the molecule is CCn1nc(C)c2c(C(=O)Nc3cc(-c4ccncc4)[nH]n3)cc(C)nc21. The first-order valence-corrected chi connectivity index (χ1v) is 8.68. The number of fused-ring (bicyclic) bond motifs is 1. The molecule has 2 N–H and O–H groups in total. The minimum Gasteiger partial charge on any atom is -0.305 e. The number of pyridine rings is 2. The first-order chi connectivity index (χ1) is 13.1. The van der Waals surface area contributed by atoms with Gasteiger partial charge in [-0.05, 0) is 39.0 Å². The molecule has 0 unspecified atom stereocenters. The van der Waals surface area contributed by atoms with Crippen LogP contribution in [0.5, 0.6) is 0 Å². The van der Waals surface area contributed by atoms with Crippen LogP contribution in [0.1, 0.15) is 28.7 Å². The number of nitrogens with zero attached hydrogens (tertiary/aromatic N) is 5. The Morgan fingerprint density at radius 2 is 2.00 bits per heavy atom. The van der Waals surface area contributed by atoms with E-state index in [-0.39, 0.29) is 5.91 Å². The fourth-order valence-electron chi connectivity index (χ4n) is 3.13. The molecule has 0 saturated carbocycles. The molecule has 0 aromatic carbocycles. The van der Waals surface area contributed by atoms with Gasteiger partial charge in [0.1, 0.15) is 0 Å². The van der Waals surface area contributed by atoms with Crippen molar-refractivity contribution in [1.29, 1.82) is 0 Å². The van der Waals surface area contributed by atoms with Crippen molar-refractivity contribution in [3.63, 3.8) is 0 Å². The van der Waals surface area contributed by atoms with Crippen LogP contribution in [-0.4, -0.2) is 35.9 Å². The summed E-state index contributed by atoms with van der Waals surface area (Å²) in [7, 11) is 0. The lowest BCUT2D eigenvalue weighted by Gasteiger charge is -2.06. The summed E-state index contributed by atoms with van der Waals surface area (Å²) in [4.78, 5) is 21.5. The van der Waals surface area contributed by atoms with Crippen molar-refractivity contribution < 1.29 is 4.79 Å². The number of aromatic nitrogens is 6. The fourth-order valence-corrected chi connectivity index (χ4v) is 3.13. The molecule has 0 aliphatic heterocycles. The number of carbonyl (C=O) groups is 1. The van der Waals surface area contributed by atoms with Crippen molar-refractivity contribution in [3.8, 4) is 11.3 Å². The van der Waals surface area contributed by atoms with E-state index in [0.29, 0.717) is 17.9 Å². The van der Waals surface area contributed by atoms with Crippen molar-refractivity contribution >= 4 is 22.8 Å². The zero-order chi connectivity index (χ0) is 19.0. The summed E-state index contributed by atoms with van der Waals surface area (Å²) >= 11 is 0. The van der Waals surface area contributed by atoms with Gasteiger partial charge in [0, 0.05) is 36.3 Å². The Hall–Kier alpha value is -3.55. The molecule has 0 radical (unpaired) electrons. The fraction of sp³-hybridized carbons (Fsp3) is 0.211. The molecule has 0 atom stereocenters. The molecule has 8 nitrogen and oxygen atoms in total. The second-order valence-corrected chi connectivity index (χ2v) is 6.27. The van der Waals surface area contributed by atoms with E-state index in [0.717, 1.165) is 33.7 Å². The average Bonchev–Trinajstić information content (AvgIpc) is 3.26. The number of rotatable bonds is 4. The molecule has 0 spiro atoms. The Morgan fingerprint density at radius 1 is 1.22 bits per heavy atom. The van der Waals surface area contributed by atoms with Gasteiger partial charge in [0.2, 0.25) is 0 Å². The number of aromatic amines is 1. The van der Waals surface area contributed by atoms with Gasteiger partial charge in [0.15, 0.2) is 11.5 Å². The first kappa shape index (κ1) is 16.9. The van der Waals surface area contributed by atoms with Gasteiger partial charge in [-0.25, -0.2) is 9.67 Å². The lowest BCUT2D eigenvalue weighted by atomic mass is 10.1. The van der Waals surface area contributed by atoms with E-state index in [4.69, 9.17) is 0 Å². The van der Waals surface area contributed by atoms with Crippen LogP contribution in [0.25, 0.3) is 22.3 Å². The third-order valence-electron chi connectivity index (χ3n) is 4.36. The van der Waals surface area contributed by atoms with E-state index in [9.17, 15) is 4.79 Å². The summed E-state index contributed by atoms with van der Waals surface area (Å²) in [6.45, 7) is 6.45. The second kappa shape index (κ2) is 6.64. The molecular weight excluding hydrogens is 342 g/mol. The Balaban J connectivity index is 1.68. The molecule has 136 valence electrons. The van der Waals surface area contributed by atoms with Gasteiger partial charge >= 0.3 is 0 Å². The van der Waals surface area contributed by atoms with E-state index in [1.165, 1.54) is 0 Å². The number of H-pyrrole nitrogens is 1. The zero-order valence-electron chi connectivity index (χ0n) is 15.3. The number of nitrogens with one attached hydrogen (secondary N) is 2. The topological polar surface area (TPSA) is 101 Å². The minimum absolute atomic E-state index is 0.239. The Morgan fingerprint density at radius 3 is 2.74 bits per heavy atom. The highest BCUT2D eigenvalue weighted by molar-refractivity contribution is 6.12. The molecule has 4 heterocycles. The summed E-state index contributed by atoms with van der Waals surface area (Å²) in [5.41, 5.74) is 4.56. The number of hydrogen-bond donors (Lipinski definition) is 2. The molecule has 8 heteroatoms. The van der Waals surface area contributed by atoms with Crippen molar-refractivity contribution in [3.05, 3.63) is 53.6 Å². The van der Waals surface area contributed by atoms with Gasteiger partial charge in [0.25, 0.3) is 5.91 Å². The van der Waals surface area contributed by atoms with Gasteiger partial charge in [0.05, 0.1) is 22.3 Å². The van der Waals surface area contributed by atoms with Crippen molar-refractivity contribution in [2.75, 3.05) is 5.32 Å². The zero-order valence-corrected chi connectivity index (χ0v) is 15.3.